The summed E-state index contributed by atoms with van der Waals surface area (Å²) in [7, 11) is 0. The summed E-state index contributed by atoms with van der Waals surface area (Å²) in [5.74, 6) is 0. The molecular weight excluding hydrogens is 392 g/mol. The van der Waals surface area contributed by atoms with Crippen LogP contribution in [-0.4, -0.2) is 32.5 Å². The highest BCUT2D eigenvalue weighted by Gasteiger charge is 2.83. The van der Waals surface area contributed by atoms with Crippen LogP contribution in [-0.2, 0) is 16.2 Å². The van der Waals surface area contributed by atoms with E-state index in [0.29, 0.717) is 0 Å². The number of nitrogens with one attached hydrogen (secondary N) is 2. The summed E-state index contributed by atoms with van der Waals surface area (Å²) in [6, 6.07) is 8.94. The maximum atomic E-state index is 5.43. The molecule has 0 aromatic carbocycles. The Bertz CT molecular complexity index is 1190. The zero-order chi connectivity index (χ0) is 22.9. The second kappa shape index (κ2) is 5.30. The molecule has 2 atom stereocenters. The number of allylic oxidation sites excluding steroid dienone is 2. The molecule has 5 heterocycles. The van der Waals surface area contributed by atoms with E-state index in [4.69, 9.17) is 9.98 Å². The topological polar surface area (TPSA) is 56.3 Å². The molecule has 166 valence electrons. The van der Waals surface area contributed by atoms with Crippen LogP contribution in [0.15, 0.2) is 58.6 Å². The Balaban J connectivity index is 1.63. The first-order valence-electron chi connectivity index (χ1n) is 11.8. The van der Waals surface area contributed by atoms with Gasteiger partial charge in [0.2, 0.25) is 0 Å². The second-order valence-electron chi connectivity index (χ2n) is 12.3. The normalized spacial score (nSPS) is 33.8. The molecule has 1 aliphatic carbocycles. The zero-order valence-corrected chi connectivity index (χ0v) is 20.5. The molecule has 0 saturated heterocycles. The van der Waals surface area contributed by atoms with Gasteiger partial charge < -0.3 is 9.97 Å². The summed E-state index contributed by atoms with van der Waals surface area (Å²) in [6.07, 6.45) is 9.13. The number of aromatic nitrogens is 2. The minimum absolute atomic E-state index is 0.0660. The van der Waals surface area contributed by atoms with Gasteiger partial charge in [-0.3, -0.25) is 9.98 Å². The molecule has 0 radical (unpaired) electrons. The van der Waals surface area contributed by atoms with Crippen molar-refractivity contribution < 1.29 is 0 Å². The number of H-pyrrole nitrogens is 2. The number of nitrogens with zero attached hydrogens (tertiary/aromatic N) is 2. The summed E-state index contributed by atoms with van der Waals surface area (Å²) in [4.78, 5) is 18.4. The largest absolute Gasteiger partial charge is 0.361 e. The third-order valence-corrected chi connectivity index (χ3v) is 9.33. The Labute approximate surface area is 191 Å². The molecule has 2 aromatic heterocycles. The maximum Gasteiger partial charge on any atom is 0.116 e. The Morgan fingerprint density at radius 2 is 0.875 bits per heavy atom. The van der Waals surface area contributed by atoms with Crippen molar-refractivity contribution in [1.29, 1.82) is 0 Å². The molecule has 2 aromatic rings. The van der Waals surface area contributed by atoms with Gasteiger partial charge in [-0.05, 0) is 78.0 Å². The molecule has 3 aliphatic heterocycles. The van der Waals surface area contributed by atoms with Crippen LogP contribution in [0.2, 0.25) is 0 Å². The number of rotatable bonds is 0. The molecule has 4 heteroatoms. The summed E-state index contributed by atoms with van der Waals surface area (Å²) in [6.45, 7) is 18.3. The Hall–Kier alpha value is -2.62. The fourth-order valence-corrected chi connectivity index (χ4v) is 6.31. The van der Waals surface area contributed by atoms with E-state index >= 15 is 0 Å². The van der Waals surface area contributed by atoms with Gasteiger partial charge in [-0.25, -0.2) is 0 Å². The van der Waals surface area contributed by atoms with E-state index in [1.54, 1.807) is 0 Å². The zero-order valence-electron chi connectivity index (χ0n) is 20.5. The average molecular weight is 427 g/mol. The van der Waals surface area contributed by atoms with E-state index in [9.17, 15) is 0 Å². The highest BCUT2D eigenvalue weighted by atomic mass is 15.2. The van der Waals surface area contributed by atoms with E-state index in [1.165, 1.54) is 22.8 Å². The first-order chi connectivity index (χ1) is 14.8. The van der Waals surface area contributed by atoms with Crippen molar-refractivity contribution in [3.8, 4) is 0 Å². The molecule has 2 unspecified atom stereocenters. The van der Waals surface area contributed by atoms with E-state index < -0.39 is 0 Å². The van der Waals surface area contributed by atoms with Crippen molar-refractivity contribution >= 4 is 11.4 Å². The molecule has 0 amide bonds. The fraction of sp³-hybridized carbons (Fsp3) is 0.500. The summed E-state index contributed by atoms with van der Waals surface area (Å²) in [5.41, 5.74) is 5.77. The predicted octanol–water partition coefficient (Wildman–Crippen LogP) is 5.78. The fourth-order valence-electron chi connectivity index (χ4n) is 6.31. The minimum atomic E-state index is -0.309. The first-order valence-corrected chi connectivity index (χ1v) is 11.8. The maximum absolute atomic E-state index is 5.43. The molecule has 32 heavy (non-hydrogen) atoms. The summed E-state index contributed by atoms with van der Waals surface area (Å²) < 4.78 is 0. The number of fused-ring (bicyclic) bond motifs is 4. The number of aliphatic imine (C=N–C) groups is 2. The van der Waals surface area contributed by atoms with Crippen molar-refractivity contribution in [2.45, 2.75) is 82.7 Å². The molecule has 1 fully saturated rings. The summed E-state index contributed by atoms with van der Waals surface area (Å²) >= 11 is 0. The van der Waals surface area contributed by atoms with Gasteiger partial charge in [0.25, 0.3) is 0 Å². The van der Waals surface area contributed by atoms with E-state index in [2.05, 4.69) is 114 Å². The van der Waals surface area contributed by atoms with Crippen LogP contribution >= 0.6 is 0 Å². The summed E-state index contributed by atoms with van der Waals surface area (Å²) in [5, 5.41) is 0. The predicted molar refractivity (Wildman–Crippen MR) is 132 cm³/mol. The van der Waals surface area contributed by atoms with Crippen LogP contribution in [0.4, 0.5) is 0 Å². The minimum Gasteiger partial charge on any atom is -0.361 e. The molecular formula is C28H34N4. The van der Waals surface area contributed by atoms with Gasteiger partial charge >= 0.3 is 0 Å². The average Bonchev–Trinajstić information content (AvgIpc) is 3.45. The quantitative estimate of drug-likeness (QED) is 0.537. The van der Waals surface area contributed by atoms with Gasteiger partial charge in [0.15, 0.2) is 0 Å². The molecule has 4 nitrogen and oxygen atoms in total. The third-order valence-electron chi connectivity index (χ3n) is 9.33. The Morgan fingerprint density at radius 3 is 1.25 bits per heavy atom. The van der Waals surface area contributed by atoms with Gasteiger partial charge in [0, 0.05) is 55.9 Å². The van der Waals surface area contributed by atoms with Crippen molar-refractivity contribution in [1.82, 2.24) is 9.97 Å². The van der Waals surface area contributed by atoms with Gasteiger partial charge in [0.05, 0.1) is 0 Å². The Kier molecular flexibility index (Phi) is 3.31. The highest BCUT2D eigenvalue weighted by molar-refractivity contribution is 6.08. The van der Waals surface area contributed by atoms with Gasteiger partial charge in [0.1, 0.15) is 11.1 Å². The lowest BCUT2D eigenvalue weighted by Gasteiger charge is -2.27. The molecule has 1 saturated carbocycles. The first kappa shape index (κ1) is 20.0. The van der Waals surface area contributed by atoms with E-state index in [1.807, 2.05) is 0 Å². The van der Waals surface area contributed by atoms with Crippen molar-refractivity contribution in [3.05, 3.63) is 71.3 Å². The second-order valence-corrected chi connectivity index (χ2v) is 12.3. The molecule has 2 spiro atoms. The van der Waals surface area contributed by atoms with Crippen molar-refractivity contribution in [2.75, 3.05) is 0 Å². The van der Waals surface area contributed by atoms with Gasteiger partial charge in [-0.2, -0.15) is 0 Å². The molecule has 4 aliphatic rings. The SMILES string of the molecule is CC1(C)C2=NC3(C=C2)C(C)(C)C32C=CC(=N2)C(C)(C)c2ccc([nH]2)C(C)(C)c2ccc1[nH]2. The highest BCUT2D eigenvalue weighted by Crippen LogP contribution is 2.73. The number of hydrogen-bond donors (Lipinski definition) is 2. The van der Waals surface area contributed by atoms with Crippen molar-refractivity contribution in [3.63, 3.8) is 0 Å². The van der Waals surface area contributed by atoms with Crippen LogP contribution < -0.4 is 0 Å². The van der Waals surface area contributed by atoms with Gasteiger partial charge in [-0.15, -0.1) is 0 Å². The Morgan fingerprint density at radius 1 is 0.531 bits per heavy atom. The molecule has 8 bridgehead atoms. The lowest BCUT2D eigenvalue weighted by Crippen LogP contribution is -2.29. The van der Waals surface area contributed by atoms with Gasteiger partial charge in [-0.1, -0.05) is 26.0 Å². The smallest absolute Gasteiger partial charge is 0.116 e. The van der Waals surface area contributed by atoms with E-state index in [0.717, 1.165) is 11.4 Å². The lowest BCUT2D eigenvalue weighted by atomic mass is 9.84. The van der Waals surface area contributed by atoms with Crippen LogP contribution in [0, 0.1) is 5.41 Å². The standard InChI is InChI=1S/C28H34N4/c1-23(2)17-9-11-19(29-17)24(3,4)21-13-15-27(31-21)26(7,8)28(27)16-14-22(32-28)25(5,6)20-12-10-18(23)30-20/h9-16,29-30H,1-8H3. The number of hydrogen-bond acceptors (Lipinski definition) is 2. The van der Waals surface area contributed by atoms with E-state index in [-0.39, 0.29) is 32.7 Å². The monoisotopic (exact) mass is 426 g/mol. The van der Waals surface area contributed by atoms with Crippen molar-refractivity contribution in [2.24, 2.45) is 15.4 Å². The lowest BCUT2D eigenvalue weighted by molar-refractivity contribution is 0.536. The van der Waals surface area contributed by atoms with Crippen LogP contribution in [0.3, 0.4) is 0 Å². The van der Waals surface area contributed by atoms with Crippen LogP contribution in [0.25, 0.3) is 0 Å². The molecule has 2 N–H and O–H groups in total. The van der Waals surface area contributed by atoms with Crippen LogP contribution in [0.1, 0.15) is 78.2 Å². The van der Waals surface area contributed by atoms with Crippen LogP contribution in [0.5, 0.6) is 0 Å². The number of aromatic amines is 2. The molecule has 6 rings (SSSR count). The third kappa shape index (κ3) is 1.97.